The van der Waals surface area contributed by atoms with E-state index in [1.54, 1.807) is 6.07 Å². The van der Waals surface area contributed by atoms with Crippen LogP contribution in [0.1, 0.15) is 31.1 Å². The summed E-state index contributed by atoms with van der Waals surface area (Å²) in [6.45, 7) is 6.02. The lowest BCUT2D eigenvalue weighted by Crippen LogP contribution is -2.47. The number of amides is 1. The van der Waals surface area contributed by atoms with Crippen molar-refractivity contribution in [3.63, 3.8) is 0 Å². The molecule has 2 aliphatic rings. The number of nitrogens with two attached hydrogens (primary N) is 1. The zero-order chi connectivity index (χ0) is 18.2. The Labute approximate surface area is 154 Å². The Morgan fingerprint density at radius 1 is 1.36 bits per heavy atom. The fraction of sp³-hybridized carbons (Fsp3) is 0.706. The zero-order valence-corrected chi connectivity index (χ0v) is 16.5. The van der Waals surface area contributed by atoms with E-state index in [0.717, 1.165) is 24.1 Å². The normalized spacial score (nSPS) is 28.4. The number of thiophene rings is 1. The summed E-state index contributed by atoms with van der Waals surface area (Å²) in [4.78, 5) is 15.8. The van der Waals surface area contributed by atoms with Crippen molar-refractivity contribution >= 4 is 27.3 Å². The van der Waals surface area contributed by atoms with Gasteiger partial charge in [-0.05, 0) is 57.7 Å². The monoisotopic (exact) mass is 385 g/mol. The van der Waals surface area contributed by atoms with E-state index in [4.69, 9.17) is 5.73 Å². The number of aryl methyl sites for hydroxylation is 1. The predicted octanol–water partition coefficient (Wildman–Crippen LogP) is 1.65. The molecule has 3 unspecified atom stereocenters. The Morgan fingerprint density at radius 2 is 2.12 bits per heavy atom. The van der Waals surface area contributed by atoms with Crippen LogP contribution in [-0.2, 0) is 14.8 Å². The van der Waals surface area contributed by atoms with Crippen LogP contribution >= 0.6 is 11.3 Å². The van der Waals surface area contributed by atoms with Crippen LogP contribution < -0.4 is 5.73 Å². The van der Waals surface area contributed by atoms with Gasteiger partial charge in [0.15, 0.2) is 0 Å². The first-order valence-electron chi connectivity index (χ1n) is 8.90. The molecule has 140 valence electrons. The van der Waals surface area contributed by atoms with Crippen molar-refractivity contribution in [3.8, 4) is 0 Å². The molecule has 2 saturated heterocycles. The van der Waals surface area contributed by atoms with E-state index in [9.17, 15) is 13.2 Å². The molecule has 0 aliphatic carbocycles. The number of likely N-dealkylation sites (tertiary alicyclic amines) is 1. The molecular formula is C17H27N3O3S2. The number of hydrogen-bond donors (Lipinski definition) is 1. The molecule has 3 rings (SSSR count). The van der Waals surface area contributed by atoms with E-state index in [1.165, 1.54) is 15.6 Å². The third-order valence-electron chi connectivity index (χ3n) is 5.32. The van der Waals surface area contributed by atoms with Crippen molar-refractivity contribution in [3.05, 3.63) is 17.0 Å². The highest BCUT2D eigenvalue weighted by Gasteiger charge is 2.39. The van der Waals surface area contributed by atoms with Gasteiger partial charge in [-0.2, -0.15) is 4.31 Å². The summed E-state index contributed by atoms with van der Waals surface area (Å²) in [5, 5.41) is 0. The second-order valence-corrected chi connectivity index (χ2v) is 10.7. The summed E-state index contributed by atoms with van der Waals surface area (Å²) in [6.07, 6.45) is 2.42. The van der Waals surface area contributed by atoms with Gasteiger partial charge in [0, 0.05) is 30.6 Å². The van der Waals surface area contributed by atoms with Gasteiger partial charge in [-0.1, -0.05) is 0 Å². The van der Waals surface area contributed by atoms with Crippen LogP contribution in [0.15, 0.2) is 16.3 Å². The van der Waals surface area contributed by atoms with Gasteiger partial charge < -0.3 is 10.6 Å². The molecule has 0 aromatic carbocycles. The third-order valence-corrected chi connectivity index (χ3v) is 8.65. The van der Waals surface area contributed by atoms with E-state index < -0.39 is 10.0 Å². The summed E-state index contributed by atoms with van der Waals surface area (Å²) < 4.78 is 27.6. The first-order valence-corrected chi connectivity index (χ1v) is 11.2. The molecular weight excluding hydrogens is 358 g/mol. The molecule has 0 saturated carbocycles. The van der Waals surface area contributed by atoms with Gasteiger partial charge >= 0.3 is 0 Å². The SMILES string of the molecule is Cc1ccc(S(=O)(=O)N2CCCC(C(=O)N3CC(CN)CC3C)C2)s1. The molecule has 2 aliphatic heterocycles. The number of nitrogens with zero attached hydrogens (tertiary/aromatic N) is 2. The smallest absolute Gasteiger partial charge is 0.252 e. The maximum absolute atomic E-state index is 13.0. The van der Waals surface area contributed by atoms with E-state index in [2.05, 4.69) is 6.92 Å². The maximum atomic E-state index is 13.0. The first-order chi connectivity index (χ1) is 11.8. The average Bonchev–Trinajstić information content (AvgIpc) is 3.20. The Kier molecular flexibility index (Phi) is 5.53. The zero-order valence-electron chi connectivity index (χ0n) is 14.8. The fourth-order valence-electron chi connectivity index (χ4n) is 3.90. The van der Waals surface area contributed by atoms with Crippen molar-refractivity contribution in [2.24, 2.45) is 17.6 Å². The summed E-state index contributed by atoms with van der Waals surface area (Å²) in [5.74, 6) is 0.200. The number of carbonyl (C=O) groups is 1. The molecule has 2 fully saturated rings. The van der Waals surface area contributed by atoms with Gasteiger partial charge in [0.2, 0.25) is 5.91 Å². The molecule has 6 nitrogen and oxygen atoms in total. The van der Waals surface area contributed by atoms with Gasteiger partial charge in [-0.25, -0.2) is 8.42 Å². The summed E-state index contributed by atoms with van der Waals surface area (Å²) in [5.41, 5.74) is 5.76. The Morgan fingerprint density at radius 3 is 2.72 bits per heavy atom. The summed E-state index contributed by atoms with van der Waals surface area (Å²) in [7, 11) is -3.50. The number of sulfonamides is 1. The molecule has 25 heavy (non-hydrogen) atoms. The van der Waals surface area contributed by atoms with Crippen molar-refractivity contribution in [2.75, 3.05) is 26.2 Å². The standard InChI is InChI=1S/C17H27N3O3S2/c1-12-8-14(9-18)10-20(12)17(21)15-4-3-7-19(11-15)25(22,23)16-6-5-13(2)24-16/h5-6,12,14-15H,3-4,7-11,18H2,1-2H3. The molecule has 1 aromatic rings. The molecule has 0 spiro atoms. The number of rotatable bonds is 4. The number of hydrogen-bond acceptors (Lipinski definition) is 5. The van der Waals surface area contributed by atoms with Crippen LogP contribution in [0.5, 0.6) is 0 Å². The third kappa shape index (κ3) is 3.77. The lowest BCUT2D eigenvalue weighted by molar-refractivity contribution is -0.137. The molecule has 1 aromatic heterocycles. The van der Waals surface area contributed by atoms with Crippen LogP contribution in [0.2, 0.25) is 0 Å². The maximum Gasteiger partial charge on any atom is 0.252 e. The van der Waals surface area contributed by atoms with Gasteiger partial charge in [-0.15, -0.1) is 11.3 Å². The van der Waals surface area contributed by atoms with Gasteiger partial charge in [0.25, 0.3) is 10.0 Å². The van der Waals surface area contributed by atoms with Crippen molar-refractivity contribution in [1.29, 1.82) is 0 Å². The van der Waals surface area contributed by atoms with Gasteiger partial charge in [0.1, 0.15) is 4.21 Å². The van der Waals surface area contributed by atoms with Crippen LogP contribution in [0.25, 0.3) is 0 Å². The van der Waals surface area contributed by atoms with Crippen molar-refractivity contribution in [2.45, 2.75) is 43.4 Å². The summed E-state index contributed by atoms with van der Waals surface area (Å²) in [6, 6.07) is 3.67. The van der Waals surface area contributed by atoms with Gasteiger partial charge in [0.05, 0.1) is 5.92 Å². The second-order valence-electron chi connectivity index (χ2n) is 7.24. The van der Waals surface area contributed by atoms with Crippen LogP contribution in [0, 0.1) is 18.8 Å². The molecule has 2 N–H and O–H groups in total. The average molecular weight is 386 g/mol. The molecule has 8 heteroatoms. The number of piperidine rings is 1. The lowest BCUT2D eigenvalue weighted by Gasteiger charge is -2.34. The first kappa shape index (κ1) is 18.8. The fourth-order valence-corrected chi connectivity index (χ4v) is 6.86. The highest BCUT2D eigenvalue weighted by atomic mass is 32.2. The molecule has 0 bridgehead atoms. The minimum atomic E-state index is -3.50. The Hall–Kier alpha value is -0.960. The van der Waals surface area contributed by atoms with Crippen molar-refractivity contribution < 1.29 is 13.2 Å². The Balaban J connectivity index is 1.72. The Bertz CT molecular complexity index is 731. The minimum absolute atomic E-state index is 0.0886. The lowest BCUT2D eigenvalue weighted by atomic mass is 9.98. The van der Waals surface area contributed by atoms with Crippen molar-refractivity contribution in [1.82, 2.24) is 9.21 Å². The molecule has 1 amide bonds. The van der Waals surface area contributed by atoms with Crippen LogP contribution in [0.4, 0.5) is 0 Å². The van der Waals surface area contributed by atoms with Crippen LogP contribution in [0.3, 0.4) is 0 Å². The topological polar surface area (TPSA) is 83.7 Å². The molecule has 0 radical (unpaired) electrons. The quantitative estimate of drug-likeness (QED) is 0.854. The highest BCUT2D eigenvalue weighted by Crippen LogP contribution is 2.31. The highest BCUT2D eigenvalue weighted by molar-refractivity contribution is 7.91. The second kappa shape index (κ2) is 7.34. The molecule has 3 heterocycles. The predicted molar refractivity (Wildman–Crippen MR) is 98.9 cm³/mol. The van der Waals surface area contributed by atoms with E-state index in [1.807, 2.05) is 17.9 Å². The van der Waals surface area contributed by atoms with Crippen LogP contribution in [-0.4, -0.2) is 55.8 Å². The van der Waals surface area contributed by atoms with Gasteiger partial charge in [-0.3, -0.25) is 4.79 Å². The number of carbonyl (C=O) groups excluding carboxylic acids is 1. The summed E-state index contributed by atoms with van der Waals surface area (Å²) >= 11 is 1.29. The minimum Gasteiger partial charge on any atom is -0.339 e. The van der Waals surface area contributed by atoms with E-state index >= 15 is 0 Å². The van der Waals surface area contributed by atoms with E-state index in [-0.39, 0.29) is 24.4 Å². The largest absolute Gasteiger partial charge is 0.339 e. The van der Waals surface area contributed by atoms with E-state index in [0.29, 0.717) is 29.8 Å². The molecule has 3 atom stereocenters.